The van der Waals surface area contributed by atoms with E-state index in [1.54, 1.807) is 13.4 Å². The van der Waals surface area contributed by atoms with Crippen LogP contribution in [0.5, 0.6) is 5.88 Å². The van der Waals surface area contributed by atoms with Crippen molar-refractivity contribution in [3.63, 3.8) is 0 Å². The molecule has 0 radical (unpaired) electrons. The predicted molar refractivity (Wildman–Crippen MR) is 119 cm³/mol. The van der Waals surface area contributed by atoms with Crippen LogP contribution in [0, 0.1) is 12.7 Å². The number of fused-ring (bicyclic) bond motifs is 1. The molecule has 0 spiro atoms. The lowest BCUT2D eigenvalue weighted by atomic mass is 9.91. The largest absolute Gasteiger partial charge is 0.479 e. The smallest absolute Gasteiger partial charge is 0.238 e. The van der Waals surface area contributed by atoms with Gasteiger partial charge in [-0.15, -0.1) is 0 Å². The summed E-state index contributed by atoms with van der Waals surface area (Å²) in [5.41, 5.74) is 3.55. The molecule has 0 aliphatic carbocycles. The Morgan fingerprint density at radius 3 is 2.69 bits per heavy atom. The van der Waals surface area contributed by atoms with Gasteiger partial charge in [-0.2, -0.15) is 5.10 Å². The van der Waals surface area contributed by atoms with Crippen LogP contribution in [0.15, 0.2) is 48.9 Å². The molecule has 1 atom stereocenters. The molecule has 4 heterocycles. The van der Waals surface area contributed by atoms with E-state index in [-0.39, 0.29) is 11.7 Å². The number of aromatic nitrogens is 6. The molecule has 0 saturated carbocycles. The van der Waals surface area contributed by atoms with E-state index in [2.05, 4.69) is 15.1 Å². The van der Waals surface area contributed by atoms with Crippen molar-refractivity contribution in [3.05, 3.63) is 83.3 Å². The van der Waals surface area contributed by atoms with E-state index in [1.807, 2.05) is 58.8 Å². The van der Waals surface area contributed by atoms with Crippen LogP contribution >= 0.6 is 0 Å². The van der Waals surface area contributed by atoms with E-state index in [0.717, 1.165) is 47.8 Å². The Labute approximate surface area is 185 Å². The van der Waals surface area contributed by atoms with Crippen molar-refractivity contribution in [1.29, 1.82) is 0 Å². The normalized spacial score (nSPS) is 15.8. The van der Waals surface area contributed by atoms with Crippen LogP contribution in [0.3, 0.4) is 0 Å². The zero-order valence-corrected chi connectivity index (χ0v) is 17.9. The summed E-state index contributed by atoms with van der Waals surface area (Å²) in [6, 6.07) is 10.5. The molecule has 1 aromatic carbocycles. The molecule has 1 aliphatic heterocycles. The molecule has 4 aromatic rings. The van der Waals surface area contributed by atoms with Gasteiger partial charge in [0.25, 0.3) is 0 Å². The lowest BCUT2D eigenvalue weighted by Crippen LogP contribution is -2.17. The van der Waals surface area contributed by atoms with E-state index >= 15 is 0 Å². The minimum absolute atomic E-state index is 0.120. The Hall–Kier alpha value is -3.81. The van der Waals surface area contributed by atoms with Crippen molar-refractivity contribution in [1.82, 2.24) is 29.3 Å². The highest BCUT2D eigenvalue weighted by atomic mass is 19.1. The zero-order chi connectivity index (χ0) is 22.1. The van der Waals surface area contributed by atoms with E-state index in [0.29, 0.717) is 11.7 Å². The van der Waals surface area contributed by atoms with Crippen LogP contribution in [0.25, 0.3) is 17.8 Å². The Morgan fingerprint density at radius 1 is 1.09 bits per heavy atom. The summed E-state index contributed by atoms with van der Waals surface area (Å²) < 4.78 is 22.7. The fourth-order valence-electron chi connectivity index (χ4n) is 4.05. The Balaban J connectivity index is 1.40. The molecule has 0 N–H and O–H groups in total. The number of halogens is 1. The second-order valence-electron chi connectivity index (χ2n) is 7.82. The SMILES string of the molecule is COc1nc(/C=C/c2nc3n(n2)CCCC3c2ccc(F)cc2)ccc1-n1cnc(C)c1. The van der Waals surface area contributed by atoms with Crippen molar-refractivity contribution >= 4 is 12.2 Å². The first-order valence-electron chi connectivity index (χ1n) is 10.5. The molecule has 1 aliphatic rings. The number of imidazole rings is 1. The molecular formula is C24H23FN6O. The number of benzene rings is 1. The summed E-state index contributed by atoms with van der Waals surface area (Å²) in [6.07, 6.45) is 9.38. The highest BCUT2D eigenvalue weighted by Gasteiger charge is 2.25. The monoisotopic (exact) mass is 430 g/mol. The molecule has 7 nitrogen and oxygen atoms in total. The average Bonchev–Trinajstić information content (AvgIpc) is 3.43. The maximum Gasteiger partial charge on any atom is 0.238 e. The van der Waals surface area contributed by atoms with Crippen LogP contribution in [0.4, 0.5) is 4.39 Å². The third-order valence-electron chi connectivity index (χ3n) is 5.61. The van der Waals surface area contributed by atoms with Gasteiger partial charge in [-0.3, -0.25) is 0 Å². The number of rotatable bonds is 5. The number of methoxy groups -OCH3 is 1. The fourth-order valence-corrected chi connectivity index (χ4v) is 4.05. The fraction of sp³-hybridized carbons (Fsp3) is 0.250. The molecule has 0 amide bonds. The first-order valence-corrected chi connectivity index (χ1v) is 10.5. The van der Waals surface area contributed by atoms with Crippen molar-refractivity contribution in [3.8, 4) is 11.6 Å². The second kappa shape index (κ2) is 8.37. The van der Waals surface area contributed by atoms with Crippen molar-refractivity contribution in [2.24, 2.45) is 0 Å². The summed E-state index contributed by atoms with van der Waals surface area (Å²) in [5.74, 6) is 1.95. The Kier molecular flexibility index (Phi) is 5.26. The summed E-state index contributed by atoms with van der Waals surface area (Å²) in [4.78, 5) is 13.6. The second-order valence-corrected chi connectivity index (χ2v) is 7.82. The molecule has 162 valence electrons. The van der Waals surface area contributed by atoms with Crippen LogP contribution < -0.4 is 4.74 Å². The minimum atomic E-state index is -0.230. The van der Waals surface area contributed by atoms with Gasteiger partial charge in [0.05, 0.1) is 24.8 Å². The maximum atomic E-state index is 13.3. The van der Waals surface area contributed by atoms with Gasteiger partial charge in [0.2, 0.25) is 5.88 Å². The quantitative estimate of drug-likeness (QED) is 0.469. The number of nitrogens with zero attached hydrogens (tertiary/aromatic N) is 6. The number of aryl methyl sites for hydroxylation is 2. The summed E-state index contributed by atoms with van der Waals surface area (Å²) in [7, 11) is 1.60. The predicted octanol–water partition coefficient (Wildman–Crippen LogP) is 4.41. The molecule has 3 aromatic heterocycles. The lowest BCUT2D eigenvalue weighted by Gasteiger charge is -2.22. The van der Waals surface area contributed by atoms with Crippen molar-refractivity contribution < 1.29 is 9.13 Å². The molecule has 0 fully saturated rings. The van der Waals surface area contributed by atoms with Crippen LogP contribution in [0.1, 0.15) is 47.4 Å². The molecule has 5 rings (SSSR count). The van der Waals surface area contributed by atoms with E-state index in [1.165, 1.54) is 12.1 Å². The standard InChI is InChI=1S/C24H23FN6O/c1-16-14-30(15-26-16)21-11-9-19(27-24(21)32-2)10-12-22-28-23-20(4-3-13-31(23)29-22)17-5-7-18(25)8-6-17/h5-12,14-15,20H,3-4,13H2,1-2H3/b12-10+. The van der Waals surface area contributed by atoms with Crippen LogP contribution in [0.2, 0.25) is 0 Å². The van der Waals surface area contributed by atoms with Crippen molar-refractivity contribution in [2.45, 2.75) is 32.2 Å². The summed E-state index contributed by atoms with van der Waals surface area (Å²) in [5, 5.41) is 4.64. The van der Waals surface area contributed by atoms with E-state index in [4.69, 9.17) is 9.72 Å². The third kappa shape index (κ3) is 3.91. The first-order chi connectivity index (χ1) is 15.6. The van der Waals surface area contributed by atoms with Gasteiger partial charge in [0.15, 0.2) is 5.82 Å². The number of pyridine rings is 1. The minimum Gasteiger partial charge on any atom is -0.479 e. The van der Waals surface area contributed by atoms with Gasteiger partial charge in [0.1, 0.15) is 17.3 Å². The van der Waals surface area contributed by atoms with E-state index < -0.39 is 0 Å². The number of hydrogen-bond acceptors (Lipinski definition) is 5. The topological polar surface area (TPSA) is 70.7 Å². The molecule has 32 heavy (non-hydrogen) atoms. The maximum absolute atomic E-state index is 13.3. The highest BCUT2D eigenvalue weighted by molar-refractivity contribution is 5.65. The van der Waals surface area contributed by atoms with Crippen LogP contribution in [-0.4, -0.2) is 36.4 Å². The molecule has 0 bridgehead atoms. The lowest BCUT2D eigenvalue weighted by molar-refractivity contribution is 0.395. The zero-order valence-electron chi connectivity index (χ0n) is 17.9. The van der Waals surface area contributed by atoms with Gasteiger partial charge in [-0.25, -0.2) is 24.0 Å². The molecule has 1 unspecified atom stereocenters. The van der Waals surface area contributed by atoms with Gasteiger partial charge in [-0.1, -0.05) is 12.1 Å². The first kappa shape index (κ1) is 20.1. The van der Waals surface area contributed by atoms with Crippen LogP contribution in [-0.2, 0) is 6.54 Å². The number of hydrogen-bond donors (Lipinski definition) is 0. The van der Waals surface area contributed by atoms with Gasteiger partial charge < -0.3 is 9.30 Å². The Bertz CT molecular complexity index is 1270. The van der Waals surface area contributed by atoms with Gasteiger partial charge >= 0.3 is 0 Å². The highest BCUT2D eigenvalue weighted by Crippen LogP contribution is 2.32. The van der Waals surface area contributed by atoms with Gasteiger partial charge in [0, 0.05) is 18.7 Å². The summed E-state index contributed by atoms with van der Waals surface area (Å²) in [6.45, 7) is 2.77. The number of ether oxygens (including phenoxy) is 1. The average molecular weight is 430 g/mol. The van der Waals surface area contributed by atoms with E-state index in [9.17, 15) is 4.39 Å². The molecule has 0 saturated heterocycles. The Morgan fingerprint density at radius 2 is 1.94 bits per heavy atom. The molecular weight excluding hydrogens is 407 g/mol. The van der Waals surface area contributed by atoms with Gasteiger partial charge in [-0.05, 0) is 61.7 Å². The summed E-state index contributed by atoms with van der Waals surface area (Å²) >= 11 is 0. The molecule has 8 heteroatoms. The van der Waals surface area contributed by atoms with Crippen molar-refractivity contribution in [2.75, 3.05) is 7.11 Å². The third-order valence-corrected chi connectivity index (χ3v) is 5.61.